The van der Waals surface area contributed by atoms with Gasteiger partial charge < -0.3 is 15.0 Å². The van der Waals surface area contributed by atoms with Crippen LogP contribution in [-0.2, 0) is 11.3 Å². The minimum atomic E-state index is -0.594. The third kappa shape index (κ3) is 5.46. The van der Waals surface area contributed by atoms with Crippen molar-refractivity contribution >= 4 is 11.6 Å². The molecule has 0 aliphatic carbocycles. The van der Waals surface area contributed by atoms with Gasteiger partial charge in [-0.2, -0.15) is 0 Å². The molecule has 1 fully saturated rings. The van der Waals surface area contributed by atoms with Crippen LogP contribution >= 0.6 is 0 Å². The summed E-state index contributed by atoms with van der Waals surface area (Å²) in [5.41, 5.74) is 2.30. The molecule has 5 heteroatoms. The number of amides is 1. The van der Waals surface area contributed by atoms with Crippen LogP contribution in [0.25, 0.3) is 0 Å². The van der Waals surface area contributed by atoms with Crippen LogP contribution in [0, 0.1) is 5.82 Å². The van der Waals surface area contributed by atoms with Crippen molar-refractivity contribution in [3.05, 3.63) is 59.9 Å². The van der Waals surface area contributed by atoms with Gasteiger partial charge in [-0.25, -0.2) is 4.39 Å². The zero-order valence-corrected chi connectivity index (χ0v) is 15.8. The van der Waals surface area contributed by atoms with E-state index in [4.69, 9.17) is 4.74 Å². The number of hydrogen-bond donors (Lipinski definition) is 1. The number of rotatable bonds is 7. The van der Waals surface area contributed by atoms with Gasteiger partial charge in [0.15, 0.2) is 6.10 Å². The molecular weight excluding hydrogens is 343 g/mol. The van der Waals surface area contributed by atoms with E-state index >= 15 is 0 Å². The van der Waals surface area contributed by atoms with Crippen LogP contribution in [0.1, 0.15) is 38.2 Å². The van der Waals surface area contributed by atoms with Crippen LogP contribution in [0.5, 0.6) is 5.75 Å². The van der Waals surface area contributed by atoms with E-state index in [2.05, 4.69) is 34.5 Å². The maximum Gasteiger partial charge on any atom is 0.261 e. The predicted molar refractivity (Wildman–Crippen MR) is 105 cm³/mol. The number of carbonyl (C=O) groups excluding carboxylic acids is 1. The van der Waals surface area contributed by atoms with Gasteiger partial charge in [-0.1, -0.05) is 19.1 Å². The van der Waals surface area contributed by atoms with Crippen molar-refractivity contribution in [3.63, 3.8) is 0 Å². The summed E-state index contributed by atoms with van der Waals surface area (Å²) in [6.07, 6.45) is 3.77. The second kappa shape index (κ2) is 9.40. The Bertz CT molecular complexity index is 725. The van der Waals surface area contributed by atoms with E-state index in [0.717, 1.165) is 18.7 Å². The Kier molecular flexibility index (Phi) is 6.69. The normalized spacial score (nSPS) is 15.3. The highest BCUT2D eigenvalue weighted by Gasteiger charge is 2.18. The number of hydrogen-bond acceptors (Lipinski definition) is 3. The summed E-state index contributed by atoms with van der Waals surface area (Å²) in [5.74, 6) is -0.000864. The van der Waals surface area contributed by atoms with Gasteiger partial charge in [-0.3, -0.25) is 4.79 Å². The summed E-state index contributed by atoms with van der Waals surface area (Å²) in [7, 11) is 0. The fourth-order valence-corrected chi connectivity index (χ4v) is 3.28. The summed E-state index contributed by atoms with van der Waals surface area (Å²) in [6.45, 7) is 4.59. The Morgan fingerprint density at radius 3 is 2.37 bits per heavy atom. The fraction of sp³-hybridized carbons (Fsp3) is 0.409. The van der Waals surface area contributed by atoms with E-state index in [1.807, 2.05) is 6.92 Å². The molecule has 1 aliphatic rings. The quantitative estimate of drug-likeness (QED) is 0.790. The molecule has 1 heterocycles. The Hall–Kier alpha value is -2.56. The first-order chi connectivity index (χ1) is 13.2. The van der Waals surface area contributed by atoms with Gasteiger partial charge in [-0.05, 0) is 67.6 Å². The van der Waals surface area contributed by atoms with Crippen molar-refractivity contribution in [2.24, 2.45) is 0 Å². The molecule has 2 aromatic rings. The SMILES string of the molecule is CCC(Oc1ccc(F)cc1)C(=O)NCc1ccc(N2CCCCC2)cc1. The molecule has 144 valence electrons. The van der Waals surface area contributed by atoms with E-state index < -0.39 is 6.10 Å². The predicted octanol–water partition coefficient (Wildman–Crippen LogP) is 4.29. The zero-order chi connectivity index (χ0) is 19.1. The molecule has 0 aromatic heterocycles. The largest absolute Gasteiger partial charge is 0.481 e. The minimum absolute atomic E-state index is 0.165. The summed E-state index contributed by atoms with van der Waals surface area (Å²) >= 11 is 0. The highest BCUT2D eigenvalue weighted by molar-refractivity contribution is 5.81. The van der Waals surface area contributed by atoms with Crippen LogP contribution in [0.3, 0.4) is 0 Å². The lowest BCUT2D eigenvalue weighted by Gasteiger charge is -2.28. The van der Waals surface area contributed by atoms with Gasteiger partial charge in [0.1, 0.15) is 11.6 Å². The molecule has 0 saturated carbocycles. The summed E-state index contributed by atoms with van der Waals surface area (Å²) in [6, 6.07) is 14.1. The molecule has 1 saturated heterocycles. The van der Waals surface area contributed by atoms with E-state index in [-0.39, 0.29) is 11.7 Å². The molecule has 1 N–H and O–H groups in total. The van der Waals surface area contributed by atoms with Crippen LogP contribution < -0.4 is 15.0 Å². The van der Waals surface area contributed by atoms with Crippen molar-refractivity contribution < 1.29 is 13.9 Å². The molecule has 0 bridgehead atoms. The molecule has 1 atom stereocenters. The van der Waals surface area contributed by atoms with E-state index in [1.54, 1.807) is 0 Å². The standard InChI is InChI=1S/C22H27FN2O2/c1-2-21(27-20-12-8-18(23)9-13-20)22(26)24-16-17-6-10-19(11-7-17)25-14-4-3-5-15-25/h6-13,21H,2-5,14-16H2,1H3,(H,24,26). The number of anilines is 1. The maximum atomic E-state index is 13.0. The lowest BCUT2D eigenvalue weighted by molar-refractivity contribution is -0.128. The molecule has 3 rings (SSSR count). The van der Waals surface area contributed by atoms with Gasteiger partial charge in [-0.15, -0.1) is 0 Å². The lowest BCUT2D eigenvalue weighted by Crippen LogP contribution is -2.37. The van der Waals surface area contributed by atoms with Crippen LogP contribution in [-0.4, -0.2) is 25.1 Å². The Morgan fingerprint density at radius 1 is 1.07 bits per heavy atom. The average molecular weight is 370 g/mol. The maximum absolute atomic E-state index is 13.0. The van der Waals surface area contributed by atoms with Crippen molar-refractivity contribution in [2.75, 3.05) is 18.0 Å². The van der Waals surface area contributed by atoms with Crippen molar-refractivity contribution in [2.45, 2.75) is 45.3 Å². The minimum Gasteiger partial charge on any atom is -0.481 e. The number of nitrogens with one attached hydrogen (secondary N) is 1. The van der Waals surface area contributed by atoms with E-state index in [9.17, 15) is 9.18 Å². The molecule has 0 spiro atoms. The molecular formula is C22H27FN2O2. The fourth-order valence-electron chi connectivity index (χ4n) is 3.28. The third-order valence-electron chi connectivity index (χ3n) is 4.88. The smallest absolute Gasteiger partial charge is 0.261 e. The third-order valence-corrected chi connectivity index (χ3v) is 4.88. The van der Waals surface area contributed by atoms with Crippen LogP contribution in [0.15, 0.2) is 48.5 Å². The number of halogens is 1. The number of nitrogens with zero attached hydrogens (tertiary/aromatic N) is 1. The summed E-state index contributed by atoms with van der Waals surface area (Å²) in [4.78, 5) is 14.8. The highest BCUT2D eigenvalue weighted by atomic mass is 19.1. The topological polar surface area (TPSA) is 41.6 Å². The van der Waals surface area contributed by atoms with Crippen molar-refractivity contribution in [1.29, 1.82) is 0 Å². The van der Waals surface area contributed by atoms with Crippen molar-refractivity contribution in [3.8, 4) is 5.75 Å². The molecule has 1 unspecified atom stereocenters. The second-order valence-electron chi connectivity index (χ2n) is 6.90. The monoisotopic (exact) mass is 370 g/mol. The van der Waals surface area contributed by atoms with Gasteiger partial charge in [0, 0.05) is 25.3 Å². The summed E-state index contributed by atoms with van der Waals surface area (Å²) < 4.78 is 18.7. The Morgan fingerprint density at radius 2 is 1.74 bits per heavy atom. The first kappa shape index (κ1) is 19.2. The Balaban J connectivity index is 1.51. The molecule has 2 aromatic carbocycles. The van der Waals surface area contributed by atoms with E-state index in [1.165, 1.54) is 49.2 Å². The number of piperidine rings is 1. The Labute approximate surface area is 160 Å². The molecule has 0 radical (unpaired) electrons. The number of benzene rings is 2. The van der Waals surface area contributed by atoms with Crippen molar-refractivity contribution in [1.82, 2.24) is 5.32 Å². The second-order valence-corrected chi connectivity index (χ2v) is 6.90. The number of ether oxygens (including phenoxy) is 1. The zero-order valence-electron chi connectivity index (χ0n) is 15.8. The first-order valence-electron chi connectivity index (χ1n) is 9.69. The summed E-state index contributed by atoms with van der Waals surface area (Å²) in [5, 5.41) is 2.93. The highest BCUT2D eigenvalue weighted by Crippen LogP contribution is 2.20. The van der Waals surface area contributed by atoms with Gasteiger partial charge in [0.25, 0.3) is 5.91 Å². The van der Waals surface area contributed by atoms with Crippen LogP contribution in [0.2, 0.25) is 0 Å². The number of carbonyl (C=O) groups is 1. The van der Waals surface area contributed by atoms with Crippen LogP contribution in [0.4, 0.5) is 10.1 Å². The van der Waals surface area contributed by atoms with Gasteiger partial charge in [0.05, 0.1) is 0 Å². The van der Waals surface area contributed by atoms with E-state index in [0.29, 0.717) is 18.7 Å². The molecule has 4 nitrogen and oxygen atoms in total. The first-order valence-corrected chi connectivity index (χ1v) is 9.69. The molecule has 1 amide bonds. The lowest BCUT2D eigenvalue weighted by atomic mass is 10.1. The van der Waals surface area contributed by atoms with Gasteiger partial charge in [0.2, 0.25) is 0 Å². The van der Waals surface area contributed by atoms with Gasteiger partial charge >= 0.3 is 0 Å². The average Bonchev–Trinajstić information content (AvgIpc) is 2.72. The molecule has 27 heavy (non-hydrogen) atoms. The molecule has 1 aliphatic heterocycles.